The number of aryl methyl sites for hydroxylation is 1. The third-order valence-corrected chi connectivity index (χ3v) is 4.14. The minimum atomic E-state index is -4.34. The van der Waals surface area contributed by atoms with Crippen LogP contribution < -0.4 is 0 Å². The predicted octanol–water partition coefficient (Wildman–Crippen LogP) is 6.21. The van der Waals surface area contributed by atoms with Gasteiger partial charge in [-0.1, -0.05) is 44.0 Å². The SMILES string of the molecule is Cc1cccc(Br)c1-c1cc(C(F)(F)F)ccc1Br. The van der Waals surface area contributed by atoms with E-state index in [0.29, 0.717) is 10.0 Å². The van der Waals surface area contributed by atoms with Crippen LogP contribution in [0.1, 0.15) is 11.1 Å². The zero-order chi connectivity index (χ0) is 14.2. The van der Waals surface area contributed by atoms with E-state index in [2.05, 4.69) is 31.9 Å². The van der Waals surface area contributed by atoms with E-state index in [-0.39, 0.29) is 0 Å². The molecule has 2 aromatic carbocycles. The predicted molar refractivity (Wildman–Crippen MR) is 77.0 cm³/mol. The van der Waals surface area contributed by atoms with Crippen molar-refractivity contribution in [3.8, 4) is 11.1 Å². The summed E-state index contributed by atoms with van der Waals surface area (Å²) in [6.07, 6.45) is -4.34. The Morgan fingerprint density at radius 2 is 1.63 bits per heavy atom. The van der Waals surface area contributed by atoms with Crippen LogP contribution in [-0.4, -0.2) is 0 Å². The summed E-state index contributed by atoms with van der Waals surface area (Å²) in [6, 6.07) is 9.19. The van der Waals surface area contributed by atoms with Crippen molar-refractivity contribution in [2.24, 2.45) is 0 Å². The summed E-state index contributed by atoms with van der Waals surface area (Å²) >= 11 is 6.70. The molecule has 0 bridgehead atoms. The topological polar surface area (TPSA) is 0 Å². The first kappa shape index (κ1) is 14.6. The Bertz CT molecular complexity index is 598. The molecule has 0 atom stereocenters. The Morgan fingerprint density at radius 3 is 2.21 bits per heavy atom. The van der Waals surface area contributed by atoms with Gasteiger partial charge in [0, 0.05) is 8.95 Å². The Kier molecular flexibility index (Phi) is 4.06. The van der Waals surface area contributed by atoms with E-state index in [1.165, 1.54) is 6.07 Å². The normalized spacial score (nSPS) is 11.7. The Labute approximate surface area is 125 Å². The summed E-state index contributed by atoms with van der Waals surface area (Å²) in [5, 5.41) is 0. The van der Waals surface area contributed by atoms with Crippen molar-refractivity contribution in [1.29, 1.82) is 0 Å². The van der Waals surface area contributed by atoms with Gasteiger partial charge in [-0.25, -0.2) is 0 Å². The first-order chi connectivity index (χ1) is 8.80. The van der Waals surface area contributed by atoms with Gasteiger partial charge in [-0.15, -0.1) is 0 Å². The highest BCUT2D eigenvalue weighted by molar-refractivity contribution is 9.11. The van der Waals surface area contributed by atoms with Crippen LogP contribution in [0.15, 0.2) is 45.3 Å². The molecule has 5 heteroatoms. The quantitative estimate of drug-likeness (QED) is 0.540. The smallest absolute Gasteiger partial charge is 0.166 e. The zero-order valence-electron chi connectivity index (χ0n) is 9.85. The number of hydrogen-bond acceptors (Lipinski definition) is 0. The molecule has 0 saturated carbocycles. The molecule has 100 valence electrons. The molecule has 0 nitrogen and oxygen atoms in total. The van der Waals surface area contributed by atoms with Crippen LogP contribution in [0.4, 0.5) is 13.2 Å². The number of alkyl halides is 3. The first-order valence-electron chi connectivity index (χ1n) is 5.43. The standard InChI is InChI=1S/C14H9Br2F3/c1-8-3-2-4-12(16)13(8)10-7-9(14(17,18)19)5-6-11(10)15/h2-7H,1H3. The van der Waals surface area contributed by atoms with Crippen LogP contribution >= 0.6 is 31.9 Å². The molecule has 2 aromatic rings. The summed E-state index contributed by atoms with van der Waals surface area (Å²) in [5.41, 5.74) is 1.55. The van der Waals surface area contributed by atoms with Gasteiger partial charge in [0.15, 0.2) is 0 Å². The van der Waals surface area contributed by atoms with Crippen LogP contribution in [0.5, 0.6) is 0 Å². The van der Waals surface area contributed by atoms with Gasteiger partial charge in [0.2, 0.25) is 0 Å². The van der Waals surface area contributed by atoms with Crippen molar-refractivity contribution >= 4 is 31.9 Å². The molecule has 0 aliphatic rings. The molecule has 0 fully saturated rings. The largest absolute Gasteiger partial charge is 0.416 e. The fourth-order valence-electron chi connectivity index (χ4n) is 1.87. The third kappa shape index (κ3) is 3.03. The number of hydrogen-bond donors (Lipinski definition) is 0. The lowest BCUT2D eigenvalue weighted by molar-refractivity contribution is -0.137. The van der Waals surface area contributed by atoms with Gasteiger partial charge >= 0.3 is 6.18 Å². The van der Waals surface area contributed by atoms with Gasteiger partial charge < -0.3 is 0 Å². The first-order valence-corrected chi connectivity index (χ1v) is 7.01. The molecular formula is C14H9Br2F3. The zero-order valence-corrected chi connectivity index (χ0v) is 13.0. The van der Waals surface area contributed by atoms with Crippen molar-refractivity contribution in [1.82, 2.24) is 0 Å². The molecule has 0 aromatic heterocycles. The Balaban J connectivity index is 2.69. The second kappa shape index (κ2) is 5.29. The van der Waals surface area contributed by atoms with E-state index < -0.39 is 11.7 Å². The highest BCUT2D eigenvalue weighted by atomic mass is 79.9. The van der Waals surface area contributed by atoms with E-state index in [1.807, 2.05) is 25.1 Å². The lowest BCUT2D eigenvalue weighted by Crippen LogP contribution is -2.05. The maximum absolute atomic E-state index is 12.8. The minimum Gasteiger partial charge on any atom is -0.166 e. The molecule has 0 aliphatic carbocycles. The van der Waals surface area contributed by atoms with Crippen LogP contribution in [0.25, 0.3) is 11.1 Å². The van der Waals surface area contributed by atoms with Crippen LogP contribution in [0.3, 0.4) is 0 Å². The number of benzene rings is 2. The average Bonchev–Trinajstić information content (AvgIpc) is 2.29. The molecular weight excluding hydrogens is 385 g/mol. The maximum Gasteiger partial charge on any atom is 0.416 e. The van der Waals surface area contributed by atoms with E-state index in [0.717, 1.165) is 27.7 Å². The highest BCUT2D eigenvalue weighted by Gasteiger charge is 2.31. The maximum atomic E-state index is 12.8. The minimum absolute atomic E-state index is 0.528. The number of halogens is 5. The third-order valence-electron chi connectivity index (χ3n) is 2.78. The molecule has 0 spiro atoms. The van der Waals surface area contributed by atoms with E-state index in [1.54, 1.807) is 0 Å². The lowest BCUT2D eigenvalue weighted by atomic mass is 9.99. The molecule has 0 aliphatic heterocycles. The van der Waals surface area contributed by atoms with Crippen molar-refractivity contribution in [2.45, 2.75) is 13.1 Å². The summed E-state index contributed by atoms with van der Waals surface area (Å²) in [7, 11) is 0. The average molecular weight is 394 g/mol. The van der Waals surface area contributed by atoms with Crippen LogP contribution in [0.2, 0.25) is 0 Å². The van der Waals surface area contributed by atoms with E-state index in [4.69, 9.17) is 0 Å². The molecule has 0 heterocycles. The summed E-state index contributed by atoms with van der Waals surface area (Å²) in [4.78, 5) is 0. The molecule has 0 amide bonds. The van der Waals surface area contributed by atoms with Gasteiger partial charge in [0.1, 0.15) is 0 Å². The van der Waals surface area contributed by atoms with Crippen LogP contribution in [-0.2, 0) is 6.18 Å². The van der Waals surface area contributed by atoms with Crippen molar-refractivity contribution < 1.29 is 13.2 Å². The van der Waals surface area contributed by atoms with E-state index >= 15 is 0 Å². The number of rotatable bonds is 1. The second-order valence-corrected chi connectivity index (χ2v) is 5.83. The van der Waals surface area contributed by atoms with Gasteiger partial charge in [-0.2, -0.15) is 13.2 Å². The second-order valence-electron chi connectivity index (χ2n) is 4.12. The highest BCUT2D eigenvalue weighted by Crippen LogP contribution is 2.39. The van der Waals surface area contributed by atoms with Gasteiger partial charge in [0.25, 0.3) is 0 Å². The molecule has 0 N–H and O–H groups in total. The summed E-state index contributed by atoms with van der Waals surface area (Å²) < 4.78 is 39.8. The Morgan fingerprint density at radius 1 is 0.947 bits per heavy atom. The summed E-state index contributed by atoms with van der Waals surface area (Å²) in [6.45, 7) is 1.87. The monoisotopic (exact) mass is 392 g/mol. The van der Waals surface area contributed by atoms with Gasteiger partial charge in [-0.3, -0.25) is 0 Å². The van der Waals surface area contributed by atoms with Crippen molar-refractivity contribution in [2.75, 3.05) is 0 Å². The van der Waals surface area contributed by atoms with E-state index in [9.17, 15) is 13.2 Å². The Hall–Kier alpha value is -0.810. The van der Waals surface area contributed by atoms with Crippen molar-refractivity contribution in [3.63, 3.8) is 0 Å². The molecule has 2 rings (SSSR count). The summed E-state index contributed by atoms with van der Waals surface area (Å²) in [5.74, 6) is 0. The van der Waals surface area contributed by atoms with Gasteiger partial charge in [0.05, 0.1) is 5.56 Å². The molecule has 19 heavy (non-hydrogen) atoms. The fraction of sp³-hybridized carbons (Fsp3) is 0.143. The molecule has 0 saturated heterocycles. The van der Waals surface area contributed by atoms with Crippen molar-refractivity contribution in [3.05, 3.63) is 56.5 Å². The molecule has 0 radical (unpaired) electrons. The molecule has 0 unspecified atom stereocenters. The van der Waals surface area contributed by atoms with Crippen LogP contribution in [0, 0.1) is 6.92 Å². The van der Waals surface area contributed by atoms with Gasteiger partial charge in [-0.05, 0) is 47.9 Å². The lowest BCUT2D eigenvalue weighted by Gasteiger charge is -2.14. The fourth-order valence-corrected chi connectivity index (χ4v) is 2.99.